The number of aromatic nitrogens is 1. The summed E-state index contributed by atoms with van der Waals surface area (Å²) < 4.78 is 0. The Kier molecular flexibility index (Phi) is 4.37. The zero-order valence-corrected chi connectivity index (χ0v) is 12.3. The maximum Gasteiger partial charge on any atom is 0.132 e. The molecule has 0 saturated carbocycles. The van der Waals surface area contributed by atoms with Gasteiger partial charge in [-0.3, -0.25) is 0 Å². The fourth-order valence-corrected chi connectivity index (χ4v) is 2.19. The van der Waals surface area contributed by atoms with Crippen LogP contribution < -0.4 is 4.90 Å². The second-order valence-corrected chi connectivity index (χ2v) is 4.80. The second-order valence-electron chi connectivity index (χ2n) is 4.24. The summed E-state index contributed by atoms with van der Waals surface area (Å²) in [7, 11) is 0. The highest BCUT2D eigenvalue weighted by Gasteiger charge is 2.07. The summed E-state index contributed by atoms with van der Waals surface area (Å²) in [6, 6.07) is 12.7. The zero-order chi connectivity index (χ0) is 13.0. The Morgan fingerprint density at radius 2 is 1.83 bits per heavy atom. The molecule has 0 atom stereocenters. The monoisotopic (exact) mass is 304 g/mol. The Morgan fingerprint density at radius 3 is 2.33 bits per heavy atom. The van der Waals surface area contributed by atoms with Gasteiger partial charge in [-0.05, 0) is 37.6 Å². The Morgan fingerprint density at radius 1 is 1.11 bits per heavy atom. The highest BCUT2D eigenvalue weighted by Crippen LogP contribution is 2.23. The van der Waals surface area contributed by atoms with Gasteiger partial charge in [0.05, 0.1) is 0 Å². The van der Waals surface area contributed by atoms with E-state index in [9.17, 15) is 0 Å². The van der Waals surface area contributed by atoms with E-state index in [4.69, 9.17) is 0 Å². The minimum absolute atomic E-state index is 0.844. The van der Waals surface area contributed by atoms with Crippen LogP contribution >= 0.6 is 15.9 Å². The van der Waals surface area contributed by atoms with Crippen molar-refractivity contribution in [2.24, 2.45) is 0 Å². The predicted molar refractivity (Wildman–Crippen MR) is 80.7 cm³/mol. The molecule has 2 aromatic rings. The molecule has 94 valence electrons. The van der Waals surface area contributed by atoms with Crippen molar-refractivity contribution in [1.82, 2.24) is 4.98 Å². The summed E-state index contributed by atoms with van der Waals surface area (Å²) in [5, 5.41) is 0.844. The zero-order valence-electron chi connectivity index (χ0n) is 10.7. The van der Waals surface area contributed by atoms with Crippen LogP contribution in [0.15, 0.2) is 42.6 Å². The maximum absolute atomic E-state index is 4.52. The highest BCUT2D eigenvalue weighted by atomic mass is 79.9. The van der Waals surface area contributed by atoms with E-state index in [1.54, 1.807) is 0 Å². The third-order valence-corrected chi connectivity index (χ3v) is 3.55. The average molecular weight is 305 g/mol. The molecular weight excluding hydrogens is 288 g/mol. The van der Waals surface area contributed by atoms with Gasteiger partial charge in [-0.25, -0.2) is 4.98 Å². The molecule has 3 heteroatoms. The Balaban J connectivity index is 2.29. The number of anilines is 2. The first-order valence-corrected chi connectivity index (χ1v) is 7.22. The van der Waals surface area contributed by atoms with Crippen LogP contribution in [-0.2, 0) is 5.33 Å². The smallest absolute Gasteiger partial charge is 0.132 e. The average Bonchev–Trinajstić information content (AvgIpc) is 2.42. The first-order valence-electron chi connectivity index (χ1n) is 6.09. The van der Waals surface area contributed by atoms with E-state index in [1.807, 2.05) is 6.20 Å². The van der Waals surface area contributed by atoms with Gasteiger partial charge in [-0.15, -0.1) is 0 Å². The molecule has 1 aromatic heterocycles. The van der Waals surface area contributed by atoms with Crippen molar-refractivity contribution >= 4 is 27.4 Å². The van der Waals surface area contributed by atoms with Crippen LogP contribution in [-0.4, -0.2) is 11.5 Å². The van der Waals surface area contributed by atoms with Crippen LogP contribution in [0, 0.1) is 6.92 Å². The summed E-state index contributed by atoms with van der Waals surface area (Å²) in [6.45, 7) is 5.15. The molecule has 0 fully saturated rings. The van der Waals surface area contributed by atoms with Crippen molar-refractivity contribution in [1.29, 1.82) is 0 Å². The van der Waals surface area contributed by atoms with Gasteiger partial charge in [0.1, 0.15) is 5.82 Å². The number of halogens is 1. The van der Waals surface area contributed by atoms with Crippen molar-refractivity contribution in [2.75, 3.05) is 11.4 Å². The first kappa shape index (κ1) is 13.1. The van der Waals surface area contributed by atoms with Crippen molar-refractivity contribution in [3.63, 3.8) is 0 Å². The summed E-state index contributed by atoms with van der Waals surface area (Å²) in [4.78, 5) is 6.72. The fourth-order valence-electron chi connectivity index (χ4n) is 1.86. The molecule has 1 heterocycles. The summed E-state index contributed by atoms with van der Waals surface area (Å²) in [6.07, 6.45) is 1.92. The number of aryl methyl sites for hydroxylation is 1. The number of rotatable bonds is 4. The van der Waals surface area contributed by atoms with Crippen LogP contribution in [0.25, 0.3) is 0 Å². The number of nitrogens with zero attached hydrogens (tertiary/aromatic N) is 2. The fraction of sp³-hybridized carbons (Fsp3) is 0.267. The number of hydrogen-bond acceptors (Lipinski definition) is 2. The molecular formula is C15H17BrN2. The van der Waals surface area contributed by atoms with Gasteiger partial charge < -0.3 is 4.90 Å². The molecule has 18 heavy (non-hydrogen) atoms. The largest absolute Gasteiger partial charge is 0.327 e. The van der Waals surface area contributed by atoms with Crippen LogP contribution in [0.5, 0.6) is 0 Å². The first-order chi connectivity index (χ1) is 8.74. The molecule has 0 N–H and O–H groups in total. The van der Waals surface area contributed by atoms with E-state index in [0.717, 1.165) is 17.7 Å². The van der Waals surface area contributed by atoms with Gasteiger partial charge in [-0.1, -0.05) is 39.7 Å². The van der Waals surface area contributed by atoms with Gasteiger partial charge in [0.2, 0.25) is 0 Å². The Bertz CT molecular complexity index is 491. The van der Waals surface area contributed by atoms with Crippen LogP contribution in [0.4, 0.5) is 11.5 Å². The molecule has 0 spiro atoms. The molecule has 0 bridgehead atoms. The van der Waals surface area contributed by atoms with Gasteiger partial charge in [0.15, 0.2) is 0 Å². The topological polar surface area (TPSA) is 16.1 Å². The van der Waals surface area contributed by atoms with E-state index < -0.39 is 0 Å². The number of pyridine rings is 1. The van der Waals surface area contributed by atoms with E-state index >= 15 is 0 Å². The lowest BCUT2D eigenvalue weighted by Crippen LogP contribution is -2.17. The van der Waals surface area contributed by atoms with Crippen LogP contribution in [0.1, 0.15) is 18.1 Å². The van der Waals surface area contributed by atoms with Gasteiger partial charge in [0.25, 0.3) is 0 Å². The standard InChI is InChI=1S/C15H17BrN2/c1-3-18(14-7-4-12(2)5-8-14)15-9-6-13(10-16)11-17-15/h4-9,11H,3,10H2,1-2H3. The molecule has 0 radical (unpaired) electrons. The van der Waals surface area contributed by atoms with E-state index in [0.29, 0.717) is 0 Å². The number of hydrogen-bond donors (Lipinski definition) is 0. The quantitative estimate of drug-likeness (QED) is 0.776. The number of benzene rings is 1. The van der Waals surface area contributed by atoms with Crippen molar-refractivity contribution in [2.45, 2.75) is 19.2 Å². The Labute approximate surface area is 117 Å². The highest BCUT2D eigenvalue weighted by molar-refractivity contribution is 9.08. The van der Waals surface area contributed by atoms with E-state index in [1.165, 1.54) is 16.8 Å². The van der Waals surface area contributed by atoms with Crippen molar-refractivity contribution in [3.8, 4) is 0 Å². The molecule has 1 aromatic carbocycles. The summed E-state index contributed by atoms with van der Waals surface area (Å²) in [5.74, 6) is 0.992. The molecule has 0 aliphatic carbocycles. The molecule has 2 rings (SSSR count). The molecule has 0 amide bonds. The molecule has 0 unspecified atom stereocenters. The molecule has 0 aliphatic rings. The lowest BCUT2D eigenvalue weighted by molar-refractivity contribution is 0.986. The summed E-state index contributed by atoms with van der Waals surface area (Å²) >= 11 is 3.44. The summed E-state index contributed by atoms with van der Waals surface area (Å²) in [5.41, 5.74) is 3.65. The van der Waals surface area contributed by atoms with Gasteiger partial charge >= 0.3 is 0 Å². The normalized spacial score (nSPS) is 10.4. The molecule has 0 aliphatic heterocycles. The van der Waals surface area contributed by atoms with Crippen LogP contribution in [0.2, 0.25) is 0 Å². The van der Waals surface area contributed by atoms with E-state index in [-0.39, 0.29) is 0 Å². The minimum Gasteiger partial charge on any atom is -0.327 e. The Hall–Kier alpha value is -1.35. The van der Waals surface area contributed by atoms with Gasteiger partial charge in [-0.2, -0.15) is 0 Å². The predicted octanol–water partition coefficient (Wildman–Crippen LogP) is 4.44. The van der Waals surface area contributed by atoms with E-state index in [2.05, 4.69) is 76.1 Å². The van der Waals surface area contributed by atoms with Crippen molar-refractivity contribution in [3.05, 3.63) is 53.7 Å². The lowest BCUT2D eigenvalue weighted by atomic mass is 10.2. The SMILES string of the molecule is CCN(c1ccc(C)cc1)c1ccc(CBr)cn1. The minimum atomic E-state index is 0.844. The van der Waals surface area contributed by atoms with Gasteiger partial charge in [0, 0.05) is 23.8 Å². The second kappa shape index (κ2) is 6.01. The maximum atomic E-state index is 4.52. The third-order valence-electron chi connectivity index (χ3n) is 2.90. The molecule has 2 nitrogen and oxygen atoms in total. The molecule has 0 saturated heterocycles. The van der Waals surface area contributed by atoms with Crippen LogP contribution in [0.3, 0.4) is 0 Å². The third kappa shape index (κ3) is 2.91. The van der Waals surface area contributed by atoms with Crippen molar-refractivity contribution < 1.29 is 0 Å². The number of alkyl halides is 1. The lowest BCUT2D eigenvalue weighted by Gasteiger charge is -2.22.